The fourth-order valence-electron chi connectivity index (χ4n) is 3.34. The number of nitrogens with one attached hydrogen (secondary N) is 1. The molecule has 0 spiro atoms. The summed E-state index contributed by atoms with van der Waals surface area (Å²) in [5, 5.41) is 0.518. The lowest BCUT2D eigenvalue weighted by Gasteiger charge is -2.25. The smallest absolute Gasteiger partial charge is 0.264 e. The van der Waals surface area contributed by atoms with Crippen LogP contribution in [0.25, 0.3) is 4.91 Å². The molecular weight excluding hydrogens is 332 g/mol. The third-order valence-electron chi connectivity index (χ3n) is 4.64. The van der Waals surface area contributed by atoms with Crippen LogP contribution in [0.15, 0.2) is 34.8 Å². The van der Waals surface area contributed by atoms with E-state index < -0.39 is 10.0 Å². The Hall–Kier alpha value is -1.33. The second kappa shape index (κ2) is 6.29. The number of aliphatic imine (C=N–C) groups is 1. The predicted octanol–water partition coefficient (Wildman–Crippen LogP) is 3.98. The average Bonchev–Trinajstić information content (AvgIpc) is 2.70. The van der Waals surface area contributed by atoms with Gasteiger partial charge in [0.1, 0.15) is 10.7 Å². The Labute approximate surface area is 142 Å². The third-order valence-corrected chi connectivity index (χ3v) is 6.42. The SMILES string of the molecule is CC1=C(c2cccc(Cl)c2)S(=O)(=O)NC1=N[C@@H]1CCCC[C@H]1C. The minimum atomic E-state index is -3.58. The molecule has 0 aromatic heterocycles. The van der Waals surface area contributed by atoms with Gasteiger partial charge in [-0.2, -0.15) is 0 Å². The molecule has 1 aromatic rings. The van der Waals surface area contributed by atoms with E-state index in [0.29, 0.717) is 27.9 Å². The lowest BCUT2D eigenvalue weighted by Crippen LogP contribution is -2.28. The molecule has 1 aliphatic heterocycles. The molecule has 0 unspecified atom stereocenters. The molecule has 124 valence electrons. The van der Waals surface area contributed by atoms with Crippen molar-refractivity contribution in [1.82, 2.24) is 4.72 Å². The lowest BCUT2D eigenvalue weighted by atomic mass is 9.86. The molecule has 1 aliphatic carbocycles. The summed E-state index contributed by atoms with van der Waals surface area (Å²) < 4.78 is 27.7. The number of rotatable bonds is 2. The van der Waals surface area contributed by atoms with Crippen LogP contribution in [-0.4, -0.2) is 20.3 Å². The van der Waals surface area contributed by atoms with Crippen LogP contribution in [0.1, 0.15) is 45.1 Å². The van der Waals surface area contributed by atoms with Gasteiger partial charge in [0.25, 0.3) is 10.0 Å². The highest BCUT2D eigenvalue weighted by Crippen LogP contribution is 2.33. The highest BCUT2D eigenvalue weighted by atomic mass is 35.5. The van der Waals surface area contributed by atoms with Gasteiger partial charge >= 0.3 is 0 Å². The van der Waals surface area contributed by atoms with Gasteiger partial charge in [0.2, 0.25) is 0 Å². The first-order valence-corrected chi connectivity index (χ1v) is 9.82. The fraction of sp³-hybridized carbons (Fsp3) is 0.471. The Balaban J connectivity index is 2.02. The van der Waals surface area contributed by atoms with Crippen LogP contribution in [0.3, 0.4) is 0 Å². The summed E-state index contributed by atoms with van der Waals surface area (Å²) in [5.41, 5.74) is 1.27. The number of benzene rings is 1. The summed E-state index contributed by atoms with van der Waals surface area (Å²) in [5.74, 6) is 0.975. The van der Waals surface area contributed by atoms with E-state index in [4.69, 9.17) is 16.6 Å². The van der Waals surface area contributed by atoms with Crippen LogP contribution in [-0.2, 0) is 10.0 Å². The van der Waals surface area contributed by atoms with Gasteiger partial charge in [-0.3, -0.25) is 9.71 Å². The molecule has 1 saturated carbocycles. The first kappa shape index (κ1) is 16.5. The monoisotopic (exact) mass is 352 g/mol. The second-order valence-electron chi connectivity index (χ2n) is 6.38. The van der Waals surface area contributed by atoms with E-state index in [2.05, 4.69) is 11.6 Å². The van der Waals surface area contributed by atoms with Gasteiger partial charge in [-0.15, -0.1) is 0 Å². The molecule has 23 heavy (non-hydrogen) atoms. The van der Waals surface area contributed by atoms with Gasteiger partial charge in [0.05, 0.1) is 6.04 Å². The van der Waals surface area contributed by atoms with Crippen molar-refractivity contribution in [3.05, 3.63) is 40.4 Å². The molecule has 1 heterocycles. The zero-order valence-corrected chi connectivity index (χ0v) is 14.9. The molecule has 2 aliphatic rings. The van der Waals surface area contributed by atoms with Crippen LogP contribution in [0.2, 0.25) is 5.02 Å². The molecule has 0 saturated heterocycles. The molecular formula is C17H21ClN2O2S. The van der Waals surface area contributed by atoms with Crippen molar-refractivity contribution in [2.24, 2.45) is 10.9 Å². The lowest BCUT2D eigenvalue weighted by molar-refractivity contribution is 0.333. The molecule has 2 atom stereocenters. The minimum Gasteiger partial charge on any atom is -0.264 e. The average molecular weight is 353 g/mol. The molecule has 0 radical (unpaired) electrons. The quantitative estimate of drug-likeness (QED) is 0.875. The maximum Gasteiger partial charge on any atom is 0.264 e. The van der Waals surface area contributed by atoms with Crippen molar-refractivity contribution in [3.8, 4) is 0 Å². The zero-order chi connectivity index (χ0) is 16.6. The number of halogens is 1. The standard InChI is InChI=1S/C17H21ClN2O2S/c1-11-6-3-4-9-15(11)19-17-12(2)16(23(21,22)20-17)13-7-5-8-14(18)10-13/h5,7-8,10-11,15H,3-4,6,9H2,1-2H3,(H,19,20)/t11-,15-/m1/s1. The third kappa shape index (κ3) is 3.31. The number of nitrogens with zero attached hydrogens (tertiary/aromatic N) is 1. The van der Waals surface area contributed by atoms with E-state index in [-0.39, 0.29) is 10.9 Å². The number of sulfonamides is 1. The summed E-state index contributed by atoms with van der Waals surface area (Å²) in [4.78, 5) is 5.01. The first-order chi connectivity index (χ1) is 10.9. The van der Waals surface area contributed by atoms with Crippen molar-refractivity contribution in [2.75, 3.05) is 0 Å². The van der Waals surface area contributed by atoms with Crippen LogP contribution in [0, 0.1) is 5.92 Å². The Morgan fingerprint density at radius 3 is 2.70 bits per heavy atom. The van der Waals surface area contributed by atoms with Crippen LogP contribution < -0.4 is 4.72 Å². The number of amidine groups is 1. The predicted molar refractivity (Wildman–Crippen MR) is 95.0 cm³/mol. The van der Waals surface area contributed by atoms with Gasteiger partial charge in [-0.1, -0.05) is 43.5 Å². The zero-order valence-electron chi connectivity index (χ0n) is 13.3. The Morgan fingerprint density at radius 2 is 2.00 bits per heavy atom. The van der Waals surface area contributed by atoms with Gasteiger partial charge in [-0.05, 0) is 43.4 Å². The topological polar surface area (TPSA) is 58.5 Å². The first-order valence-electron chi connectivity index (χ1n) is 7.96. The Morgan fingerprint density at radius 1 is 1.26 bits per heavy atom. The maximum absolute atomic E-state index is 12.5. The maximum atomic E-state index is 12.5. The number of hydrogen-bond donors (Lipinski definition) is 1. The van der Waals surface area contributed by atoms with E-state index in [0.717, 1.165) is 19.3 Å². The van der Waals surface area contributed by atoms with Crippen molar-refractivity contribution in [2.45, 2.75) is 45.6 Å². The second-order valence-corrected chi connectivity index (χ2v) is 8.43. The van der Waals surface area contributed by atoms with Crippen LogP contribution in [0.5, 0.6) is 0 Å². The van der Waals surface area contributed by atoms with Gasteiger partial charge < -0.3 is 0 Å². The van der Waals surface area contributed by atoms with E-state index in [1.807, 2.05) is 0 Å². The van der Waals surface area contributed by atoms with Crippen LogP contribution >= 0.6 is 11.6 Å². The Kier molecular flexibility index (Phi) is 4.52. The molecule has 1 fully saturated rings. The van der Waals surface area contributed by atoms with Crippen molar-refractivity contribution in [1.29, 1.82) is 0 Å². The highest BCUT2D eigenvalue weighted by molar-refractivity contribution is 8.00. The van der Waals surface area contributed by atoms with E-state index >= 15 is 0 Å². The summed E-state index contributed by atoms with van der Waals surface area (Å²) in [6.07, 6.45) is 4.56. The van der Waals surface area contributed by atoms with E-state index in [1.54, 1.807) is 31.2 Å². The van der Waals surface area contributed by atoms with Gasteiger partial charge in [-0.25, -0.2) is 8.42 Å². The van der Waals surface area contributed by atoms with E-state index in [9.17, 15) is 8.42 Å². The van der Waals surface area contributed by atoms with Crippen molar-refractivity contribution in [3.63, 3.8) is 0 Å². The molecule has 1 N–H and O–H groups in total. The largest absolute Gasteiger partial charge is 0.264 e. The summed E-state index contributed by atoms with van der Waals surface area (Å²) in [6.45, 7) is 3.99. The van der Waals surface area contributed by atoms with E-state index in [1.165, 1.54) is 6.42 Å². The van der Waals surface area contributed by atoms with Gasteiger partial charge in [0, 0.05) is 10.6 Å². The number of hydrogen-bond acceptors (Lipinski definition) is 3. The van der Waals surface area contributed by atoms with Crippen LogP contribution in [0.4, 0.5) is 0 Å². The normalized spacial score (nSPS) is 28.9. The molecule has 3 rings (SSSR count). The highest BCUT2D eigenvalue weighted by Gasteiger charge is 2.34. The molecule has 6 heteroatoms. The molecule has 1 aromatic carbocycles. The molecule has 0 amide bonds. The fourth-order valence-corrected chi connectivity index (χ4v) is 5.03. The summed E-state index contributed by atoms with van der Waals surface area (Å²) in [7, 11) is -3.58. The minimum absolute atomic E-state index is 0.190. The van der Waals surface area contributed by atoms with Crippen molar-refractivity contribution >= 4 is 32.4 Å². The summed E-state index contributed by atoms with van der Waals surface area (Å²) in [6, 6.07) is 7.11. The summed E-state index contributed by atoms with van der Waals surface area (Å²) >= 11 is 6.01. The molecule has 4 nitrogen and oxygen atoms in total. The van der Waals surface area contributed by atoms with Gasteiger partial charge in [0.15, 0.2) is 0 Å². The molecule has 0 bridgehead atoms. The Bertz CT molecular complexity index is 784. The van der Waals surface area contributed by atoms with Crippen molar-refractivity contribution < 1.29 is 8.42 Å².